The van der Waals surface area contributed by atoms with Crippen LogP contribution < -0.4 is 26.6 Å². The number of carbonyl (C=O) groups is 8. The Kier molecular flexibility index (Phi) is 17.3. The zero-order chi connectivity index (χ0) is 44.6. The molecule has 0 aromatic heterocycles. The first-order valence-corrected chi connectivity index (χ1v) is 22.5. The van der Waals surface area contributed by atoms with E-state index >= 15 is 0 Å². The maximum Gasteiger partial charge on any atom is 0.248 e. The van der Waals surface area contributed by atoms with Crippen LogP contribution in [-0.4, -0.2) is 141 Å². The van der Waals surface area contributed by atoms with Gasteiger partial charge in [0.2, 0.25) is 47.3 Å². The molecule has 8 amide bonds. The molecule has 4 heterocycles. The minimum Gasteiger partial charge on any atom is -0.391 e. The molecule has 17 nitrogen and oxygen atoms in total. The molecule has 0 saturated carbocycles. The molecule has 4 fully saturated rings. The summed E-state index contributed by atoms with van der Waals surface area (Å²) < 4.78 is 0. The van der Waals surface area contributed by atoms with E-state index in [0.29, 0.717) is 51.4 Å². The third-order valence-electron chi connectivity index (χ3n) is 13.2. The predicted molar refractivity (Wildman–Crippen MR) is 223 cm³/mol. The summed E-state index contributed by atoms with van der Waals surface area (Å²) in [5.41, 5.74) is 0. The highest BCUT2D eigenvalue weighted by molar-refractivity contribution is 5.99. The van der Waals surface area contributed by atoms with Crippen LogP contribution >= 0.6 is 0 Å². The maximum absolute atomic E-state index is 14.4. The van der Waals surface area contributed by atoms with Crippen LogP contribution in [0.4, 0.5) is 0 Å². The number of fused-ring (bicyclic) bond motifs is 3. The van der Waals surface area contributed by atoms with E-state index in [1.165, 1.54) is 21.6 Å². The van der Waals surface area contributed by atoms with E-state index in [2.05, 4.69) is 26.6 Å². The molecule has 17 heteroatoms. The van der Waals surface area contributed by atoms with Gasteiger partial charge in [0.15, 0.2) is 0 Å². The number of carbonyl (C=O) groups excluding carboxylic acids is 8. The van der Waals surface area contributed by atoms with Crippen molar-refractivity contribution in [3.63, 3.8) is 0 Å². The second-order valence-corrected chi connectivity index (χ2v) is 18.1. The molecule has 12 atom stereocenters. The van der Waals surface area contributed by atoms with Gasteiger partial charge in [0, 0.05) is 19.6 Å². The van der Waals surface area contributed by atoms with Crippen molar-refractivity contribution < 1.29 is 43.5 Å². The molecule has 0 aliphatic carbocycles. The summed E-state index contributed by atoms with van der Waals surface area (Å²) in [5, 5.41) is 25.1. The van der Waals surface area contributed by atoms with E-state index in [0.717, 1.165) is 0 Å². The lowest BCUT2D eigenvalue weighted by molar-refractivity contribution is -0.149. The summed E-state index contributed by atoms with van der Waals surface area (Å²) in [7, 11) is 0. The van der Waals surface area contributed by atoms with E-state index < -0.39 is 102 Å². The first-order valence-electron chi connectivity index (χ1n) is 22.5. The monoisotopic (exact) mass is 845 g/mol. The number of aliphatic hydroxyl groups excluding tert-OH is 1. The van der Waals surface area contributed by atoms with E-state index in [1.54, 1.807) is 6.92 Å². The molecule has 0 bridgehead atoms. The molecule has 4 aliphatic rings. The van der Waals surface area contributed by atoms with Crippen molar-refractivity contribution in [1.82, 2.24) is 41.3 Å². The molecule has 4 unspecified atom stereocenters. The first-order chi connectivity index (χ1) is 28.4. The van der Waals surface area contributed by atoms with Gasteiger partial charge >= 0.3 is 0 Å². The van der Waals surface area contributed by atoms with Crippen LogP contribution in [0.25, 0.3) is 0 Å². The summed E-state index contributed by atoms with van der Waals surface area (Å²) in [5.74, 6) is -5.62. The number of nitrogens with one attached hydrogen (secondary N) is 5. The Morgan fingerprint density at radius 1 is 0.483 bits per heavy atom. The zero-order valence-corrected chi connectivity index (χ0v) is 37.3. The highest BCUT2D eigenvalue weighted by Crippen LogP contribution is 2.28. The van der Waals surface area contributed by atoms with Crippen molar-refractivity contribution in [2.75, 3.05) is 19.6 Å². The molecule has 4 rings (SSSR count). The normalized spacial score (nSPS) is 31.6. The van der Waals surface area contributed by atoms with Crippen molar-refractivity contribution in [3.8, 4) is 0 Å². The Bertz CT molecular complexity index is 1590. The molecule has 0 spiro atoms. The molecule has 338 valence electrons. The molecular formula is C43H72N8O9. The molecule has 0 aromatic rings. The van der Waals surface area contributed by atoms with E-state index in [9.17, 15) is 43.5 Å². The summed E-state index contributed by atoms with van der Waals surface area (Å²) in [6.07, 6.45) is 2.85. The van der Waals surface area contributed by atoms with Gasteiger partial charge in [-0.15, -0.1) is 0 Å². The first kappa shape index (κ1) is 48.4. The highest BCUT2D eigenvalue weighted by atomic mass is 16.3. The third-order valence-corrected chi connectivity index (χ3v) is 13.2. The minimum absolute atomic E-state index is 0.0319. The molecule has 6 N–H and O–H groups in total. The summed E-state index contributed by atoms with van der Waals surface area (Å²) in [4.78, 5) is 118. The zero-order valence-electron chi connectivity index (χ0n) is 37.3. The molecule has 0 aromatic carbocycles. The molecular weight excluding hydrogens is 773 g/mol. The summed E-state index contributed by atoms with van der Waals surface area (Å²) in [6, 6.07) is -8.54. The van der Waals surface area contributed by atoms with Crippen molar-refractivity contribution in [3.05, 3.63) is 0 Å². The second-order valence-electron chi connectivity index (χ2n) is 18.1. The number of nitrogens with zero attached hydrogens (tertiary/aromatic N) is 3. The standard InChI is InChI=1S/C43H72N8O9/c1-10-24(6)32-38(55)44-28(22-23(4)5)41(58)51-21-15-18-31(51)42(59)49-19-13-16-29(49)37(54)48-35(27(9)52)43(60)50-20-14-17-30(50)36(53)45-33(25(7)11-2)39(56)47-34(26(8)12-3)40(57)46-32/h23-35,52H,10-22H2,1-9H3,(H,44,55)(H,45,53)(H,46,57)(H,47,56)(H,48,54)/t24?,25?,26?,27?,28-,29-,30-,31-,32-,33-,34-,35-/m0/s1. The Morgan fingerprint density at radius 3 is 1.23 bits per heavy atom. The number of hydrogen-bond donors (Lipinski definition) is 6. The van der Waals surface area contributed by atoms with Gasteiger partial charge in [-0.2, -0.15) is 0 Å². The van der Waals surface area contributed by atoms with Crippen molar-refractivity contribution in [2.45, 2.75) is 181 Å². The quantitative estimate of drug-likeness (QED) is 0.194. The smallest absolute Gasteiger partial charge is 0.248 e. The van der Waals surface area contributed by atoms with Crippen LogP contribution in [-0.2, 0) is 38.4 Å². The molecule has 60 heavy (non-hydrogen) atoms. The lowest BCUT2D eigenvalue weighted by atomic mass is 9.93. The second kappa shape index (κ2) is 21.5. The van der Waals surface area contributed by atoms with Gasteiger partial charge in [-0.25, -0.2) is 0 Å². The fourth-order valence-corrected chi connectivity index (χ4v) is 8.90. The molecule has 0 radical (unpaired) electrons. The van der Waals surface area contributed by atoms with Crippen LogP contribution in [0.5, 0.6) is 0 Å². The van der Waals surface area contributed by atoms with Gasteiger partial charge in [0.1, 0.15) is 48.3 Å². The number of aliphatic hydroxyl groups is 1. The summed E-state index contributed by atoms with van der Waals surface area (Å²) >= 11 is 0. The van der Waals surface area contributed by atoms with Gasteiger partial charge in [-0.1, -0.05) is 74.7 Å². The molecule has 4 aliphatic heterocycles. The van der Waals surface area contributed by atoms with Crippen LogP contribution in [0.1, 0.15) is 127 Å². The Hall–Kier alpha value is -4.28. The van der Waals surface area contributed by atoms with Gasteiger partial charge in [-0.3, -0.25) is 38.4 Å². The third kappa shape index (κ3) is 11.1. The van der Waals surface area contributed by atoms with Crippen molar-refractivity contribution in [2.24, 2.45) is 23.7 Å². The SMILES string of the molecule is CCC(C)[C@@H]1NC(=O)[C@H](C(C)CC)NC(=O)[C@H](C(C)CC)NC(=O)[C@@H]2CCCN2C(=O)[C@H](C(C)O)NC(=O)[C@@H]2CCCN2C(=O)[C@@H]2CCCN2C(=O)[C@H](CC(C)C)NC1=O. The largest absolute Gasteiger partial charge is 0.391 e. The number of amides is 8. The van der Waals surface area contributed by atoms with Crippen LogP contribution in [0, 0.1) is 23.7 Å². The highest BCUT2D eigenvalue weighted by Gasteiger charge is 2.46. The average molecular weight is 845 g/mol. The predicted octanol–water partition coefficient (Wildman–Crippen LogP) is 0.962. The van der Waals surface area contributed by atoms with Crippen LogP contribution in [0.2, 0.25) is 0 Å². The van der Waals surface area contributed by atoms with Gasteiger partial charge in [-0.05, 0) is 75.5 Å². The Morgan fingerprint density at radius 2 is 0.833 bits per heavy atom. The van der Waals surface area contributed by atoms with Gasteiger partial charge < -0.3 is 46.4 Å². The average Bonchev–Trinajstić information content (AvgIpc) is 4.02. The number of rotatable bonds is 9. The van der Waals surface area contributed by atoms with E-state index in [1.807, 2.05) is 48.5 Å². The lowest BCUT2D eigenvalue weighted by Gasteiger charge is -2.35. The van der Waals surface area contributed by atoms with Crippen molar-refractivity contribution in [1.29, 1.82) is 0 Å². The minimum atomic E-state index is -1.43. The van der Waals surface area contributed by atoms with E-state index in [4.69, 9.17) is 0 Å². The maximum atomic E-state index is 14.4. The summed E-state index contributed by atoms with van der Waals surface area (Å²) in [6.45, 7) is 17.0. The molecule has 4 saturated heterocycles. The van der Waals surface area contributed by atoms with Crippen LogP contribution in [0.3, 0.4) is 0 Å². The number of hydrogen-bond acceptors (Lipinski definition) is 9. The lowest BCUT2D eigenvalue weighted by Crippen LogP contribution is -2.63. The van der Waals surface area contributed by atoms with Crippen LogP contribution in [0.15, 0.2) is 0 Å². The topological polar surface area (TPSA) is 227 Å². The fraction of sp³-hybridized carbons (Fsp3) is 0.814. The Balaban J connectivity index is 1.79. The van der Waals surface area contributed by atoms with Gasteiger partial charge in [0.25, 0.3) is 0 Å². The Labute approximate surface area is 355 Å². The fourth-order valence-electron chi connectivity index (χ4n) is 8.90. The van der Waals surface area contributed by atoms with Gasteiger partial charge in [0.05, 0.1) is 6.10 Å². The van der Waals surface area contributed by atoms with Crippen molar-refractivity contribution >= 4 is 47.3 Å². The van der Waals surface area contributed by atoms with E-state index in [-0.39, 0.29) is 56.1 Å².